The van der Waals surface area contributed by atoms with E-state index in [-0.39, 0.29) is 7.43 Å². The van der Waals surface area contributed by atoms with Gasteiger partial charge in [-0.3, -0.25) is 0 Å². The fourth-order valence-corrected chi connectivity index (χ4v) is 2.66. The molecule has 2 aromatic carbocycles. The number of benzene rings is 2. The monoisotopic (exact) mass is 284 g/mol. The van der Waals surface area contributed by atoms with E-state index in [9.17, 15) is 0 Å². The minimum atomic E-state index is 0. The first-order valence-electron chi connectivity index (χ1n) is 7.26. The van der Waals surface area contributed by atoms with Crippen molar-refractivity contribution >= 4 is 11.4 Å². The van der Waals surface area contributed by atoms with Gasteiger partial charge in [0.2, 0.25) is 0 Å². The number of nitrogens with two attached hydrogens (primary N) is 2. The van der Waals surface area contributed by atoms with Crippen LogP contribution in [0.1, 0.15) is 43.5 Å². The van der Waals surface area contributed by atoms with Crippen LogP contribution in [-0.2, 0) is 12.8 Å². The fraction of sp³-hybridized carbons (Fsp3) is 0.368. The van der Waals surface area contributed by atoms with Gasteiger partial charge in [-0.05, 0) is 84.3 Å². The van der Waals surface area contributed by atoms with Crippen molar-refractivity contribution in [3.8, 4) is 11.1 Å². The summed E-state index contributed by atoms with van der Waals surface area (Å²) in [4.78, 5) is 0. The average Bonchev–Trinajstić information content (AvgIpc) is 2.44. The first-order chi connectivity index (χ1) is 9.47. The Balaban J connectivity index is 0.00000220. The van der Waals surface area contributed by atoms with Crippen LogP contribution in [0.25, 0.3) is 11.1 Å². The lowest BCUT2D eigenvalue weighted by Crippen LogP contribution is -1.99. The van der Waals surface area contributed by atoms with Gasteiger partial charge in [-0.2, -0.15) is 0 Å². The molecule has 0 bridgehead atoms. The molecule has 0 aliphatic rings. The van der Waals surface area contributed by atoms with E-state index in [0.717, 1.165) is 35.3 Å². The lowest BCUT2D eigenvalue weighted by molar-refractivity contribution is 1.13. The van der Waals surface area contributed by atoms with Gasteiger partial charge in [0.25, 0.3) is 0 Å². The zero-order chi connectivity index (χ0) is 14.9. The second kappa shape index (κ2) is 6.66. The number of anilines is 2. The predicted molar refractivity (Wildman–Crippen MR) is 95.7 cm³/mol. The highest BCUT2D eigenvalue weighted by atomic mass is 14.6. The molecule has 0 aliphatic carbocycles. The largest absolute Gasteiger partial charge is 0.398 e. The third-order valence-corrected chi connectivity index (χ3v) is 4.04. The Morgan fingerprint density at radius 1 is 0.714 bits per heavy atom. The Hall–Kier alpha value is -1.96. The van der Waals surface area contributed by atoms with Crippen LogP contribution in [0.2, 0.25) is 0 Å². The van der Waals surface area contributed by atoms with Gasteiger partial charge in [-0.1, -0.05) is 21.3 Å². The summed E-state index contributed by atoms with van der Waals surface area (Å²) in [6, 6.07) is 8.73. The van der Waals surface area contributed by atoms with Crippen molar-refractivity contribution in [2.24, 2.45) is 0 Å². The zero-order valence-electron chi connectivity index (χ0n) is 12.9. The van der Waals surface area contributed by atoms with Crippen LogP contribution in [0.15, 0.2) is 24.3 Å². The predicted octanol–water partition coefficient (Wildman–Crippen LogP) is 4.90. The highest BCUT2D eigenvalue weighted by Gasteiger charge is 2.09. The van der Waals surface area contributed by atoms with Crippen molar-refractivity contribution in [1.82, 2.24) is 0 Å². The summed E-state index contributed by atoms with van der Waals surface area (Å²) in [5, 5.41) is 0. The smallest absolute Gasteiger partial charge is 0.0376 e. The summed E-state index contributed by atoms with van der Waals surface area (Å²) in [5.74, 6) is 0. The molecule has 0 aromatic heterocycles. The normalized spacial score (nSPS) is 10.3. The van der Waals surface area contributed by atoms with Gasteiger partial charge in [0.05, 0.1) is 0 Å². The van der Waals surface area contributed by atoms with Gasteiger partial charge >= 0.3 is 0 Å². The third kappa shape index (κ3) is 3.21. The number of nitrogen functional groups attached to an aromatic ring is 2. The molecule has 0 unspecified atom stereocenters. The topological polar surface area (TPSA) is 52.0 Å². The summed E-state index contributed by atoms with van der Waals surface area (Å²) >= 11 is 0. The first kappa shape index (κ1) is 17.1. The highest BCUT2D eigenvalue weighted by Crippen LogP contribution is 2.31. The molecule has 2 nitrogen and oxygen atoms in total. The van der Waals surface area contributed by atoms with Gasteiger partial charge in [-0.15, -0.1) is 0 Å². The molecule has 0 saturated heterocycles. The van der Waals surface area contributed by atoms with E-state index in [0.29, 0.717) is 0 Å². The second-order valence-corrected chi connectivity index (χ2v) is 5.44. The van der Waals surface area contributed by atoms with Gasteiger partial charge in [0.15, 0.2) is 0 Å². The number of aryl methyl sites for hydroxylation is 4. The van der Waals surface area contributed by atoms with Crippen molar-refractivity contribution in [3.05, 3.63) is 46.5 Å². The summed E-state index contributed by atoms with van der Waals surface area (Å²) in [5.41, 5.74) is 21.3. The second-order valence-electron chi connectivity index (χ2n) is 5.44. The molecular weight excluding hydrogens is 256 g/mol. The molecule has 4 N–H and O–H groups in total. The molecule has 0 spiro atoms. The minimum absolute atomic E-state index is 0. The molecule has 2 aromatic rings. The maximum absolute atomic E-state index is 6.13. The van der Waals surface area contributed by atoms with Gasteiger partial charge in [0, 0.05) is 11.4 Å². The quantitative estimate of drug-likeness (QED) is 0.788. The van der Waals surface area contributed by atoms with Crippen molar-refractivity contribution in [2.75, 3.05) is 11.5 Å². The van der Waals surface area contributed by atoms with Crippen molar-refractivity contribution in [2.45, 2.75) is 48.0 Å². The van der Waals surface area contributed by atoms with E-state index < -0.39 is 0 Å². The summed E-state index contributed by atoms with van der Waals surface area (Å²) in [6.07, 6.45) is 1.91. The van der Waals surface area contributed by atoms with Gasteiger partial charge in [-0.25, -0.2) is 0 Å². The Morgan fingerprint density at radius 2 is 1.05 bits per heavy atom. The first-order valence-corrected chi connectivity index (χ1v) is 7.26. The van der Waals surface area contributed by atoms with Crippen molar-refractivity contribution < 1.29 is 0 Å². The van der Waals surface area contributed by atoms with E-state index in [2.05, 4.69) is 52.0 Å². The Labute approximate surface area is 129 Å². The van der Waals surface area contributed by atoms with Crippen molar-refractivity contribution in [3.63, 3.8) is 0 Å². The maximum Gasteiger partial charge on any atom is 0.0376 e. The molecule has 0 amide bonds. The van der Waals surface area contributed by atoms with Gasteiger partial charge in [0.1, 0.15) is 0 Å². The molecular formula is C19H28N2. The van der Waals surface area contributed by atoms with E-state index in [1.165, 1.54) is 22.3 Å². The van der Waals surface area contributed by atoms with E-state index in [1.807, 2.05) is 0 Å². The van der Waals surface area contributed by atoms with Crippen LogP contribution in [0.5, 0.6) is 0 Å². The number of rotatable bonds is 3. The lowest BCUT2D eigenvalue weighted by atomic mass is 9.93. The molecule has 0 radical (unpaired) electrons. The minimum Gasteiger partial charge on any atom is -0.398 e. The summed E-state index contributed by atoms with van der Waals surface area (Å²) in [6.45, 7) is 8.42. The standard InChI is InChI=1S/C18H24N2.CH4/c1-5-13-9-15(7-11(3)17(13)19)16-8-12(4)18(20)14(6-2)10-16;/h7-10H,5-6,19-20H2,1-4H3;1H4. The van der Waals surface area contributed by atoms with Crippen LogP contribution < -0.4 is 11.5 Å². The molecule has 0 saturated carbocycles. The fourth-order valence-electron chi connectivity index (χ4n) is 2.66. The summed E-state index contributed by atoms with van der Waals surface area (Å²) < 4.78 is 0. The van der Waals surface area contributed by atoms with Crippen LogP contribution in [0, 0.1) is 13.8 Å². The maximum atomic E-state index is 6.13. The van der Waals surface area contributed by atoms with Gasteiger partial charge < -0.3 is 11.5 Å². The van der Waals surface area contributed by atoms with Crippen LogP contribution in [-0.4, -0.2) is 0 Å². The molecule has 0 heterocycles. The summed E-state index contributed by atoms with van der Waals surface area (Å²) in [7, 11) is 0. The van der Waals surface area contributed by atoms with Crippen LogP contribution in [0.4, 0.5) is 11.4 Å². The van der Waals surface area contributed by atoms with Crippen LogP contribution in [0.3, 0.4) is 0 Å². The third-order valence-electron chi connectivity index (χ3n) is 4.04. The molecule has 2 heteroatoms. The Bertz CT molecular complexity index is 585. The lowest BCUT2D eigenvalue weighted by Gasteiger charge is -2.14. The average molecular weight is 284 g/mol. The molecule has 2 rings (SSSR count). The number of hydrogen-bond donors (Lipinski definition) is 2. The molecule has 114 valence electrons. The van der Waals surface area contributed by atoms with Crippen LogP contribution >= 0.6 is 0 Å². The molecule has 0 fully saturated rings. The molecule has 21 heavy (non-hydrogen) atoms. The molecule has 0 aliphatic heterocycles. The van der Waals surface area contributed by atoms with E-state index >= 15 is 0 Å². The SMILES string of the molecule is C.CCc1cc(-c2cc(C)c(N)c(CC)c2)cc(C)c1N. The Morgan fingerprint density at radius 3 is 1.33 bits per heavy atom. The number of hydrogen-bond acceptors (Lipinski definition) is 2. The van der Waals surface area contributed by atoms with E-state index in [4.69, 9.17) is 11.5 Å². The highest BCUT2D eigenvalue weighted by molar-refractivity contribution is 5.74. The molecule has 0 atom stereocenters. The Kier molecular flexibility index (Phi) is 5.42. The van der Waals surface area contributed by atoms with Crippen molar-refractivity contribution in [1.29, 1.82) is 0 Å². The zero-order valence-corrected chi connectivity index (χ0v) is 12.9. The van der Waals surface area contributed by atoms with E-state index in [1.54, 1.807) is 0 Å².